The van der Waals surface area contributed by atoms with Crippen LogP contribution in [0.25, 0.3) is 0 Å². The second-order valence-electron chi connectivity index (χ2n) is 14.7. The summed E-state index contributed by atoms with van der Waals surface area (Å²) in [6.07, 6.45) is 15.7. The van der Waals surface area contributed by atoms with Gasteiger partial charge >= 0.3 is 12.2 Å². The summed E-state index contributed by atoms with van der Waals surface area (Å²) in [6.45, 7) is 16.7. The van der Waals surface area contributed by atoms with Crippen LogP contribution in [0.3, 0.4) is 0 Å². The first-order valence-corrected chi connectivity index (χ1v) is 18.0. The molecule has 0 aromatic carbocycles. The summed E-state index contributed by atoms with van der Waals surface area (Å²) in [4.78, 5) is 41.2. The van der Waals surface area contributed by atoms with Crippen LogP contribution in [0, 0.1) is 10.8 Å². The molecule has 1 rings (SSSR count). The maximum atomic E-state index is 12.5. The van der Waals surface area contributed by atoms with Gasteiger partial charge in [0.15, 0.2) is 5.12 Å². The van der Waals surface area contributed by atoms with E-state index in [2.05, 4.69) is 4.90 Å². The molecule has 1 aliphatic heterocycles. The van der Waals surface area contributed by atoms with Crippen molar-refractivity contribution in [2.24, 2.45) is 10.8 Å². The smallest absolute Gasteiger partial charge is 0.407 e. The van der Waals surface area contributed by atoms with Crippen molar-refractivity contribution >= 4 is 29.1 Å². The van der Waals surface area contributed by atoms with Crippen molar-refractivity contribution in [1.29, 1.82) is 0 Å². The second-order valence-corrected chi connectivity index (χ2v) is 16.0. The molecule has 8 nitrogen and oxygen atoms in total. The molecule has 2 amide bonds. The van der Waals surface area contributed by atoms with Crippen LogP contribution in [0.1, 0.15) is 138 Å². The molecule has 0 aromatic rings. The fraction of sp³-hybridized carbons (Fsp3) is 0.912. The van der Waals surface area contributed by atoms with Gasteiger partial charge in [0.05, 0.1) is 12.1 Å². The number of carboxylic acid groups (broad SMARTS) is 2. The van der Waals surface area contributed by atoms with E-state index >= 15 is 0 Å². The monoisotopic (exact) mass is 627 g/mol. The molecular weight excluding hydrogens is 562 g/mol. The molecule has 1 aliphatic rings. The van der Waals surface area contributed by atoms with Gasteiger partial charge in [-0.05, 0) is 30.2 Å². The van der Waals surface area contributed by atoms with E-state index in [1.807, 2.05) is 41.5 Å². The summed E-state index contributed by atoms with van der Waals surface area (Å²) in [5.74, 6) is 0.973. The predicted octanol–water partition coefficient (Wildman–Crippen LogP) is 8.83. The summed E-state index contributed by atoms with van der Waals surface area (Å²) in [6, 6.07) is -0.899. The highest BCUT2D eigenvalue weighted by molar-refractivity contribution is 8.13. The summed E-state index contributed by atoms with van der Waals surface area (Å²) >= 11 is 1.45. The van der Waals surface area contributed by atoms with Crippen molar-refractivity contribution < 1.29 is 24.6 Å². The van der Waals surface area contributed by atoms with Gasteiger partial charge in [0.25, 0.3) is 0 Å². The standard InChI is InChI=1S/C34H65N3O5S/c1-28(38)43-27-21-19-17-15-13-11-9-8-10-12-14-16-18-20-22-35-23-25-36(31(39)40)29(33(2,3)4)30(34(5,6)7)37(26-24-35)32(41)42/h29-30H,8-27H2,1-7H3,(H,39,40)(H,41,42). The van der Waals surface area contributed by atoms with Gasteiger partial charge in [-0.1, -0.05) is 130 Å². The predicted molar refractivity (Wildman–Crippen MR) is 180 cm³/mol. The average molecular weight is 628 g/mol. The minimum atomic E-state index is -0.974. The third kappa shape index (κ3) is 16.4. The summed E-state index contributed by atoms with van der Waals surface area (Å²) in [5.41, 5.74) is -0.840. The van der Waals surface area contributed by atoms with Crippen molar-refractivity contribution in [3.05, 3.63) is 0 Å². The van der Waals surface area contributed by atoms with Crippen molar-refractivity contribution in [2.45, 2.75) is 150 Å². The number of hydrogen-bond acceptors (Lipinski definition) is 5. The van der Waals surface area contributed by atoms with Crippen LogP contribution < -0.4 is 0 Å². The van der Waals surface area contributed by atoms with Crippen LogP contribution in [-0.2, 0) is 4.79 Å². The van der Waals surface area contributed by atoms with Crippen molar-refractivity contribution in [1.82, 2.24) is 14.7 Å². The molecule has 1 heterocycles. The average Bonchev–Trinajstić information content (AvgIpc) is 2.97. The van der Waals surface area contributed by atoms with Gasteiger partial charge in [0.2, 0.25) is 0 Å². The zero-order valence-corrected chi connectivity index (χ0v) is 29.5. The fourth-order valence-electron chi connectivity index (χ4n) is 6.54. The lowest BCUT2D eigenvalue weighted by Gasteiger charge is -2.51. The minimum absolute atomic E-state index is 0.230. The first-order chi connectivity index (χ1) is 20.2. The normalized spacial score (nSPS) is 19.1. The maximum Gasteiger partial charge on any atom is 0.407 e. The van der Waals surface area contributed by atoms with Crippen LogP contribution in [-0.4, -0.2) is 92.8 Å². The van der Waals surface area contributed by atoms with Crippen LogP contribution in [0.5, 0.6) is 0 Å². The number of rotatable bonds is 17. The third-order valence-electron chi connectivity index (χ3n) is 8.72. The lowest BCUT2D eigenvalue weighted by Crippen LogP contribution is -2.64. The molecule has 0 saturated carbocycles. The van der Waals surface area contributed by atoms with E-state index in [9.17, 15) is 24.6 Å². The quantitative estimate of drug-likeness (QED) is 0.155. The van der Waals surface area contributed by atoms with E-state index in [0.29, 0.717) is 26.2 Å². The largest absolute Gasteiger partial charge is 0.465 e. The molecule has 0 aromatic heterocycles. The Labute approximate surface area is 267 Å². The first kappa shape index (κ1) is 39.5. The van der Waals surface area contributed by atoms with Crippen LogP contribution >= 0.6 is 11.8 Å². The Morgan fingerprint density at radius 2 is 0.907 bits per heavy atom. The Balaban J connectivity index is 2.40. The van der Waals surface area contributed by atoms with Crippen molar-refractivity contribution in [3.8, 4) is 0 Å². The highest BCUT2D eigenvalue weighted by Gasteiger charge is 2.48. The molecule has 0 aliphatic carbocycles. The lowest BCUT2D eigenvalue weighted by molar-refractivity contribution is -0.109. The number of nitrogens with zero attached hydrogens (tertiary/aromatic N) is 3. The molecule has 0 spiro atoms. The number of carbonyl (C=O) groups excluding carboxylic acids is 1. The Bertz CT molecular complexity index is 769. The molecule has 9 heteroatoms. The molecular formula is C34H65N3O5S. The Hall–Kier alpha value is -1.48. The molecule has 2 atom stereocenters. The molecule has 43 heavy (non-hydrogen) atoms. The van der Waals surface area contributed by atoms with Crippen molar-refractivity contribution in [2.75, 3.05) is 38.5 Å². The third-order valence-corrected chi connectivity index (χ3v) is 9.62. The van der Waals surface area contributed by atoms with E-state index in [1.165, 1.54) is 92.2 Å². The van der Waals surface area contributed by atoms with Crippen molar-refractivity contribution in [3.63, 3.8) is 0 Å². The van der Waals surface area contributed by atoms with Gasteiger partial charge < -0.3 is 20.0 Å². The van der Waals surface area contributed by atoms with E-state index < -0.39 is 35.1 Å². The fourth-order valence-corrected chi connectivity index (χ4v) is 7.17. The Morgan fingerprint density at radius 1 is 0.581 bits per heavy atom. The molecule has 0 bridgehead atoms. The number of amides is 2. The maximum absolute atomic E-state index is 12.5. The number of carbonyl (C=O) groups is 3. The summed E-state index contributed by atoms with van der Waals surface area (Å²) < 4.78 is 0. The number of unbranched alkanes of at least 4 members (excludes halogenated alkanes) is 13. The summed E-state index contributed by atoms with van der Waals surface area (Å²) in [5, 5.41) is 20.7. The van der Waals surface area contributed by atoms with Crippen LogP contribution in [0.15, 0.2) is 0 Å². The van der Waals surface area contributed by atoms with Gasteiger partial charge in [-0.2, -0.15) is 0 Å². The minimum Gasteiger partial charge on any atom is -0.465 e. The molecule has 1 fully saturated rings. The number of hydrogen-bond donors (Lipinski definition) is 2. The van der Waals surface area contributed by atoms with E-state index in [4.69, 9.17) is 0 Å². The molecule has 2 unspecified atom stereocenters. The molecule has 1 saturated heterocycles. The van der Waals surface area contributed by atoms with Crippen LogP contribution in [0.4, 0.5) is 9.59 Å². The van der Waals surface area contributed by atoms with Gasteiger partial charge in [-0.25, -0.2) is 9.59 Å². The zero-order chi connectivity index (χ0) is 32.5. The second kappa shape index (κ2) is 20.5. The first-order valence-electron chi connectivity index (χ1n) is 17.0. The molecule has 2 N–H and O–H groups in total. The van der Waals surface area contributed by atoms with E-state index in [-0.39, 0.29) is 5.12 Å². The Kier molecular flexibility index (Phi) is 18.9. The highest BCUT2D eigenvalue weighted by atomic mass is 32.2. The molecule has 0 radical (unpaired) electrons. The van der Waals surface area contributed by atoms with Crippen LogP contribution in [0.2, 0.25) is 0 Å². The van der Waals surface area contributed by atoms with Gasteiger partial charge in [-0.15, -0.1) is 0 Å². The Morgan fingerprint density at radius 3 is 1.21 bits per heavy atom. The number of thioether (sulfide) groups is 1. The SMILES string of the molecule is CC(=O)SCCCCCCCCCCCCCCCCN1CCN(C(=O)O)C(C(C)(C)C)C(C(C)(C)C)N(C(=O)O)CC1. The molecule has 252 valence electrons. The summed E-state index contributed by atoms with van der Waals surface area (Å²) in [7, 11) is 0. The van der Waals surface area contributed by atoms with Gasteiger partial charge in [-0.3, -0.25) is 9.69 Å². The van der Waals surface area contributed by atoms with E-state index in [0.717, 1.165) is 31.6 Å². The zero-order valence-electron chi connectivity index (χ0n) is 28.7. The highest BCUT2D eigenvalue weighted by Crippen LogP contribution is 2.38. The topological polar surface area (TPSA) is 101 Å². The lowest BCUT2D eigenvalue weighted by atomic mass is 9.71. The van der Waals surface area contributed by atoms with Gasteiger partial charge in [0.1, 0.15) is 0 Å². The van der Waals surface area contributed by atoms with Gasteiger partial charge in [0, 0.05) is 38.9 Å². The van der Waals surface area contributed by atoms with E-state index in [1.54, 1.807) is 6.92 Å².